The van der Waals surface area contributed by atoms with E-state index in [1.54, 1.807) is 17.6 Å². The third kappa shape index (κ3) is 13.1. The van der Waals surface area contributed by atoms with Gasteiger partial charge in [-0.3, -0.25) is 10.0 Å². The molecule has 6 nitrogen and oxygen atoms in total. The summed E-state index contributed by atoms with van der Waals surface area (Å²) in [7, 11) is 4.18. The second kappa shape index (κ2) is 19.6. The van der Waals surface area contributed by atoms with Crippen molar-refractivity contribution in [1.29, 1.82) is 0 Å². The average Bonchev–Trinajstić information content (AvgIpc) is 2.87. The number of hydrogen-bond acceptors (Lipinski definition) is 5. The van der Waals surface area contributed by atoms with Gasteiger partial charge in [0.15, 0.2) is 0 Å². The molecule has 0 aliphatic carbocycles. The van der Waals surface area contributed by atoms with E-state index in [1.807, 2.05) is 26.8 Å². The van der Waals surface area contributed by atoms with Crippen molar-refractivity contribution >= 4 is 23.2 Å². The van der Waals surface area contributed by atoms with Crippen LogP contribution in [-0.4, -0.2) is 62.8 Å². The Morgan fingerprint density at radius 3 is 2.54 bits per heavy atom. The summed E-state index contributed by atoms with van der Waals surface area (Å²) in [6, 6.07) is 6.26. The van der Waals surface area contributed by atoms with Crippen molar-refractivity contribution in [2.75, 3.05) is 51.7 Å². The van der Waals surface area contributed by atoms with Gasteiger partial charge in [0.05, 0.1) is 0 Å². The fraction of sp³-hybridized carbons (Fsp3) is 0.483. The van der Waals surface area contributed by atoms with Gasteiger partial charge in [0.25, 0.3) is 5.91 Å². The molecule has 1 heterocycles. The Morgan fingerprint density at radius 1 is 1.26 bits per heavy atom. The van der Waals surface area contributed by atoms with Crippen molar-refractivity contribution in [1.82, 2.24) is 15.7 Å². The zero-order chi connectivity index (χ0) is 26.6. The number of anilines is 1. The number of hydrogen-bond donors (Lipinski definition) is 3. The smallest absolute Gasteiger partial charge is 0.267 e. The van der Waals surface area contributed by atoms with Gasteiger partial charge in [0.2, 0.25) is 0 Å². The first-order chi connectivity index (χ1) is 16.9. The Bertz CT molecular complexity index is 841. The number of carbonyl (C=O) groups excluding carboxylic acids is 1. The van der Waals surface area contributed by atoms with Gasteiger partial charge in [0, 0.05) is 43.5 Å². The predicted octanol–water partition coefficient (Wildman–Crippen LogP) is 5.52. The highest BCUT2D eigenvalue weighted by Gasteiger charge is 2.19. The lowest BCUT2D eigenvalue weighted by Crippen LogP contribution is -2.35. The van der Waals surface area contributed by atoms with Crippen LogP contribution in [0, 0.1) is 0 Å². The van der Waals surface area contributed by atoms with E-state index in [0.717, 1.165) is 51.1 Å². The molecule has 1 aliphatic rings. The zero-order valence-electron chi connectivity index (χ0n) is 23.0. The standard InChI is InChI=1S/C24H36N4O2.C3H6.C2H6/c1-5-19(2)7-6-13-25-18-21-12-14-28(16-15-27(3)4)23-10-8-20(17-22(21)23)9-11-24(29)26-30;1-3-2;1-2/h5,8-12,17,25,30H,6-7,13-16,18H2,1-4H3,(H,26,29);3H,1H2,2H3;1-2H3/b11-9+,19-5+;;. The van der Waals surface area contributed by atoms with Crippen molar-refractivity contribution in [2.45, 2.75) is 47.5 Å². The molecule has 3 N–H and O–H groups in total. The molecule has 1 aromatic carbocycles. The van der Waals surface area contributed by atoms with Gasteiger partial charge in [-0.05, 0) is 83.6 Å². The average molecular weight is 485 g/mol. The van der Waals surface area contributed by atoms with Crippen molar-refractivity contribution in [2.24, 2.45) is 0 Å². The van der Waals surface area contributed by atoms with Gasteiger partial charge in [-0.1, -0.05) is 43.7 Å². The van der Waals surface area contributed by atoms with Crippen LogP contribution in [0.1, 0.15) is 58.6 Å². The molecule has 0 aromatic heterocycles. The Kier molecular flexibility index (Phi) is 18.1. The number of fused-ring (bicyclic) bond motifs is 1. The number of carbonyl (C=O) groups is 1. The SMILES string of the molecule is C/C=C(\C)CCCNCC1=CCN(CCN(C)C)c2ccc(/C=C/C(=O)NO)cc21.C=CC.CC. The van der Waals surface area contributed by atoms with Gasteiger partial charge >= 0.3 is 0 Å². The first-order valence-corrected chi connectivity index (χ1v) is 12.6. The number of benzene rings is 1. The topological polar surface area (TPSA) is 67.8 Å². The predicted molar refractivity (Wildman–Crippen MR) is 153 cm³/mol. The van der Waals surface area contributed by atoms with E-state index < -0.39 is 5.91 Å². The van der Waals surface area contributed by atoms with Crippen molar-refractivity contribution in [3.05, 3.63) is 65.8 Å². The van der Waals surface area contributed by atoms with Gasteiger partial charge in [-0.15, -0.1) is 6.58 Å². The van der Waals surface area contributed by atoms with E-state index >= 15 is 0 Å². The summed E-state index contributed by atoms with van der Waals surface area (Å²) in [4.78, 5) is 15.9. The fourth-order valence-electron chi connectivity index (χ4n) is 3.39. The molecule has 0 radical (unpaired) electrons. The number of rotatable bonds is 11. The number of nitrogens with zero attached hydrogens (tertiary/aromatic N) is 2. The van der Waals surface area contributed by atoms with Crippen LogP contribution in [0.15, 0.2) is 54.7 Å². The molecule has 0 saturated carbocycles. The summed E-state index contributed by atoms with van der Waals surface area (Å²) in [5.41, 5.74) is 7.70. The largest absolute Gasteiger partial charge is 0.366 e. The molecule has 6 heteroatoms. The monoisotopic (exact) mass is 484 g/mol. The molecular weight excluding hydrogens is 436 g/mol. The summed E-state index contributed by atoms with van der Waals surface area (Å²) in [6.45, 7) is 18.2. The van der Waals surface area contributed by atoms with Gasteiger partial charge < -0.3 is 15.1 Å². The molecule has 0 spiro atoms. The fourth-order valence-corrected chi connectivity index (χ4v) is 3.39. The van der Waals surface area contributed by atoms with E-state index in [1.165, 1.54) is 28.5 Å². The van der Waals surface area contributed by atoms with Crippen LogP contribution in [-0.2, 0) is 4.79 Å². The lowest BCUT2D eigenvalue weighted by Gasteiger charge is -2.32. The van der Waals surface area contributed by atoms with Crippen LogP contribution in [0.3, 0.4) is 0 Å². The molecule has 0 saturated heterocycles. The Hall–Kier alpha value is -2.67. The Balaban J connectivity index is 0.00000214. The maximum atomic E-state index is 11.3. The molecule has 0 bridgehead atoms. The molecule has 0 unspecified atom stereocenters. The van der Waals surface area contributed by atoms with Crippen molar-refractivity contribution < 1.29 is 10.0 Å². The highest BCUT2D eigenvalue weighted by atomic mass is 16.5. The second-order valence-electron chi connectivity index (χ2n) is 8.39. The highest BCUT2D eigenvalue weighted by Crippen LogP contribution is 2.32. The molecule has 35 heavy (non-hydrogen) atoms. The Labute approximate surface area is 214 Å². The molecular formula is C29H48N4O2. The van der Waals surface area contributed by atoms with Crippen LogP contribution in [0.4, 0.5) is 5.69 Å². The number of amides is 1. The summed E-state index contributed by atoms with van der Waals surface area (Å²) in [6.07, 6.45) is 11.5. The van der Waals surface area contributed by atoms with Crippen LogP contribution < -0.4 is 15.7 Å². The summed E-state index contributed by atoms with van der Waals surface area (Å²) >= 11 is 0. The van der Waals surface area contributed by atoms with Crippen molar-refractivity contribution in [3.63, 3.8) is 0 Å². The first kappa shape index (κ1) is 32.3. The zero-order valence-corrected chi connectivity index (χ0v) is 23.0. The number of likely N-dealkylation sites (N-methyl/N-ethyl adjacent to an activating group) is 1. The van der Waals surface area contributed by atoms with Gasteiger partial charge in [0.1, 0.15) is 0 Å². The summed E-state index contributed by atoms with van der Waals surface area (Å²) < 4.78 is 0. The third-order valence-corrected chi connectivity index (χ3v) is 5.35. The van der Waals surface area contributed by atoms with E-state index in [0.29, 0.717) is 0 Å². The molecule has 1 amide bonds. The lowest BCUT2D eigenvalue weighted by molar-refractivity contribution is -0.124. The normalized spacial score (nSPS) is 12.8. The minimum atomic E-state index is -0.533. The van der Waals surface area contributed by atoms with E-state index in [-0.39, 0.29) is 0 Å². The highest BCUT2D eigenvalue weighted by molar-refractivity contribution is 5.91. The number of hydroxylamine groups is 1. The first-order valence-electron chi connectivity index (χ1n) is 12.6. The van der Waals surface area contributed by atoms with Crippen LogP contribution >= 0.6 is 0 Å². The van der Waals surface area contributed by atoms with Crippen molar-refractivity contribution in [3.8, 4) is 0 Å². The third-order valence-electron chi connectivity index (χ3n) is 5.35. The van der Waals surface area contributed by atoms with E-state index in [4.69, 9.17) is 5.21 Å². The van der Waals surface area contributed by atoms with Gasteiger partial charge in [-0.25, -0.2) is 5.48 Å². The molecule has 196 valence electrons. The van der Waals surface area contributed by atoms with E-state index in [9.17, 15) is 4.79 Å². The summed E-state index contributed by atoms with van der Waals surface area (Å²) in [5, 5.41) is 12.3. The van der Waals surface area contributed by atoms with Crippen LogP contribution in [0.5, 0.6) is 0 Å². The number of allylic oxidation sites excluding steroid dienone is 3. The molecule has 1 aliphatic heterocycles. The molecule has 0 atom stereocenters. The summed E-state index contributed by atoms with van der Waals surface area (Å²) in [5.74, 6) is -0.533. The molecule has 2 rings (SSSR count). The second-order valence-corrected chi connectivity index (χ2v) is 8.39. The van der Waals surface area contributed by atoms with Crippen LogP contribution in [0.25, 0.3) is 11.6 Å². The number of nitrogens with one attached hydrogen (secondary N) is 2. The van der Waals surface area contributed by atoms with Crippen LogP contribution in [0.2, 0.25) is 0 Å². The van der Waals surface area contributed by atoms with E-state index in [2.05, 4.69) is 73.9 Å². The minimum Gasteiger partial charge on any atom is -0.366 e. The molecule has 0 fully saturated rings. The minimum absolute atomic E-state index is 0.533. The molecule has 1 aromatic rings. The van der Waals surface area contributed by atoms with Gasteiger partial charge in [-0.2, -0.15) is 0 Å². The lowest BCUT2D eigenvalue weighted by atomic mass is 9.96. The maximum Gasteiger partial charge on any atom is 0.267 e. The Morgan fingerprint density at radius 2 is 1.94 bits per heavy atom. The maximum absolute atomic E-state index is 11.3. The quantitative estimate of drug-likeness (QED) is 0.127.